The van der Waals surface area contributed by atoms with Crippen LogP contribution in [-0.2, 0) is 9.53 Å². The average molecular weight is 380 g/mol. The summed E-state index contributed by atoms with van der Waals surface area (Å²) in [5.74, 6) is -0.878. The number of carbonyl (C=O) groups is 2. The Morgan fingerprint density at radius 3 is 2.57 bits per heavy atom. The van der Waals surface area contributed by atoms with Gasteiger partial charge in [-0.1, -0.05) is 36.9 Å². The molecule has 4 rings (SSSR count). The molecule has 1 saturated heterocycles. The van der Waals surface area contributed by atoms with Crippen molar-refractivity contribution in [2.24, 2.45) is 0 Å². The van der Waals surface area contributed by atoms with Crippen molar-refractivity contribution in [2.45, 2.75) is 25.0 Å². The highest BCUT2D eigenvalue weighted by Crippen LogP contribution is 2.31. The molecule has 5 nitrogen and oxygen atoms in total. The van der Waals surface area contributed by atoms with Crippen LogP contribution in [0.2, 0.25) is 0 Å². The first kappa shape index (κ1) is 18.4. The van der Waals surface area contributed by atoms with Gasteiger partial charge in [-0.25, -0.2) is 4.39 Å². The second-order valence-corrected chi connectivity index (χ2v) is 7.03. The summed E-state index contributed by atoms with van der Waals surface area (Å²) in [6, 6.07) is 12.8. The molecule has 144 valence electrons. The number of carbonyl (C=O) groups excluding carboxylic acids is 2. The third kappa shape index (κ3) is 3.43. The first-order valence-electron chi connectivity index (χ1n) is 9.31. The molecule has 2 heterocycles. The molecular weight excluding hydrogens is 359 g/mol. The third-order valence-corrected chi connectivity index (χ3v) is 5.22. The summed E-state index contributed by atoms with van der Waals surface area (Å²) in [4.78, 5) is 26.8. The van der Waals surface area contributed by atoms with E-state index in [0.29, 0.717) is 17.9 Å². The van der Waals surface area contributed by atoms with Gasteiger partial charge < -0.3 is 10.1 Å². The number of hydrogen-bond donors (Lipinski definition) is 1. The second-order valence-electron chi connectivity index (χ2n) is 7.03. The molecule has 1 N–H and O–H groups in total. The van der Waals surface area contributed by atoms with Crippen LogP contribution in [0.15, 0.2) is 55.1 Å². The van der Waals surface area contributed by atoms with E-state index in [9.17, 15) is 14.0 Å². The number of benzene rings is 2. The summed E-state index contributed by atoms with van der Waals surface area (Å²) in [6.07, 6.45) is 1.54. The molecule has 2 aromatic carbocycles. The lowest BCUT2D eigenvalue weighted by Gasteiger charge is -2.26. The summed E-state index contributed by atoms with van der Waals surface area (Å²) >= 11 is 0. The predicted octanol–water partition coefficient (Wildman–Crippen LogP) is 3.29. The molecule has 6 heteroatoms. The Hall–Kier alpha value is -2.99. The monoisotopic (exact) mass is 380 g/mol. The maximum Gasteiger partial charge on any atom is 0.259 e. The van der Waals surface area contributed by atoms with E-state index in [1.807, 2.05) is 12.1 Å². The largest absolute Gasteiger partial charge is 0.376 e. The maximum atomic E-state index is 13.3. The average Bonchev–Trinajstić information content (AvgIpc) is 3.31. The molecule has 2 aromatic rings. The first-order valence-corrected chi connectivity index (χ1v) is 9.31. The molecule has 0 spiro atoms. The second kappa shape index (κ2) is 7.56. The van der Waals surface area contributed by atoms with Gasteiger partial charge in [0.25, 0.3) is 5.91 Å². The number of rotatable bonds is 5. The number of halogens is 1. The minimum absolute atomic E-state index is 0.128. The zero-order chi connectivity index (χ0) is 19.7. The Morgan fingerprint density at radius 2 is 1.93 bits per heavy atom. The van der Waals surface area contributed by atoms with Crippen LogP contribution in [-0.4, -0.2) is 36.0 Å². The topological polar surface area (TPSA) is 58.6 Å². The van der Waals surface area contributed by atoms with Crippen LogP contribution in [0, 0.1) is 5.82 Å². The normalized spacial score (nSPS) is 19.6. The maximum absolute atomic E-state index is 13.3. The highest BCUT2D eigenvalue weighted by molar-refractivity contribution is 6.10. The van der Waals surface area contributed by atoms with Crippen LogP contribution in [0.3, 0.4) is 0 Å². The smallest absolute Gasteiger partial charge is 0.259 e. The Labute approximate surface area is 162 Å². The number of fused-ring (bicyclic) bond motifs is 1. The first-order chi connectivity index (χ1) is 13.5. The van der Waals surface area contributed by atoms with Gasteiger partial charge >= 0.3 is 0 Å². The standard InChI is InChI=1S/C22H21FN2O3/c1-14-17-5-2-3-6-18(17)22(27)25(14)13-20(26)24-21(19-7-4-12-28-19)15-8-10-16(23)11-9-15/h2-3,5-6,8-11,19,21H,1,4,7,12-13H2,(H,24,26)/t19-,21+/m0/s1. The van der Waals surface area contributed by atoms with Gasteiger partial charge in [0.1, 0.15) is 12.4 Å². The highest BCUT2D eigenvalue weighted by Gasteiger charge is 2.34. The predicted molar refractivity (Wildman–Crippen MR) is 103 cm³/mol. The fourth-order valence-corrected chi connectivity index (χ4v) is 3.79. The molecule has 0 bridgehead atoms. The zero-order valence-corrected chi connectivity index (χ0v) is 15.4. The minimum Gasteiger partial charge on any atom is -0.376 e. The van der Waals surface area contributed by atoms with E-state index in [1.165, 1.54) is 17.0 Å². The summed E-state index contributed by atoms with van der Waals surface area (Å²) in [5, 5.41) is 2.97. The van der Waals surface area contributed by atoms with Crippen molar-refractivity contribution in [3.63, 3.8) is 0 Å². The van der Waals surface area contributed by atoms with E-state index >= 15 is 0 Å². The lowest BCUT2D eigenvalue weighted by molar-refractivity contribution is -0.123. The van der Waals surface area contributed by atoms with Gasteiger partial charge in [-0.15, -0.1) is 0 Å². The molecule has 2 atom stereocenters. The molecule has 0 aromatic heterocycles. The number of ether oxygens (including phenoxy) is 1. The molecule has 0 aliphatic carbocycles. The van der Waals surface area contributed by atoms with Crippen LogP contribution in [0.1, 0.15) is 40.4 Å². The van der Waals surface area contributed by atoms with Gasteiger partial charge in [0.05, 0.1) is 12.1 Å². The number of nitrogens with zero attached hydrogens (tertiary/aromatic N) is 1. The Balaban J connectivity index is 1.50. The molecule has 0 saturated carbocycles. The molecule has 0 radical (unpaired) electrons. The van der Waals surface area contributed by atoms with E-state index in [1.54, 1.807) is 24.3 Å². The van der Waals surface area contributed by atoms with Crippen molar-refractivity contribution in [3.05, 3.63) is 77.6 Å². The molecular formula is C22H21FN2O3. The SMILES string of the molecule is C=C1c2ccccc2C(=O)N1CC(=O)N[C@H](c1ccc(F)cc1)[C@@H]1CCCO1. The van der Waals surface area contributed by atoms with Crippen LogP contribution in [0.5, 0.6) is 0 Å². The Morgan fingerprint density at radius 1 is 1.21 bits per heavy atom. The lowest BCUT2D eigenvalue weighted by Crippen LogP contribution is -2.42. The van der Waals surface area contributed by atoms with Gasteiger partial charge in [-0.05, 0) is 36.6 Å². The molecule has 2 aliphatic heterocycles. The van der Waals surface area contributed by atoms with Crippen LogP contribution in [0.25, 0.3) is 5.70 Å². The van der Waals surface area contributed by atoms with Gasteiger partial charge in [0.2, 0.25) is 5.91 Å². The Kier molecular flexibility index (Phi) is 4.96. The van der Waals surface area contributed by atoms with Crippen molar-refractivity contribution >= 4 is 17.5 Å². The zero-order valence-electron chi connectivity index (χ0n) is 15.4. The summed E-state index contributed by atoms with van der Waals surface area (Å²) in [5.41, 5.74) is 2.59. The van der Waals surface area contributed by atoms with E-state index in [0.717, 1.165) is 24.0 Å². The molecule has 28 heavy (non-hydrogen) atoms. The Bertz CT molecular complexity index is 885. The van der Waals surface area contributed by atoms with Gasteiger partial charge in [0.15, 0.2) is 0 Å². The van der Waals surface area contributed by atoms with E-state index in [-0.39, 0.29) is 30.3 Å². The van der Waals surface area contributed by atoms with Crippen molar-refractivity contribution in [3.8, 4) is 0 Å². The summed E-state index contributed by atoms with van der Waals surface area (Å²) < 4.78 is 19.1. The molecule has 2 aliphatic rings. The van der Waals surface area contributed by atoms with E-state index < -0.39 is 6.04 Å². The van der Waals surface area contributed by atoms with Crippen molar-refractivity contribution < 1.29 is 18.7 Å². The van der Waals surface area contributed by atoms with E-state index in [4.69, 9.17) is 4.74 Å². The molecule has 1 fully saturated rings. The van der Waals surface area contributed by atoms with Crippen LogP contribution in [0.4, 0.5) is 4.39 Å². The van der Waals surface area contributed by atoms with Gasteiger partial charge in [-0.2, -0.15) is 0 Å². The van der Waals surface area contributed by atoms with Crippen LogP contribution >= 0.6 is 0 Å². The fraction of sp³-hybridized carbons (Fsp3) is 0.273. The molecule has 0 unspecified atom stereocenters. The highest BCUT2D eigenvalue weighted by atomic mass is 19.1. The van der Waals surface area contributed by atoms with Crippen molar-refractivity contribution in [1.29, 1.82) is 0 Å². The lowest BCUT2D eigenvalue weighted by atomic mass is 9.99. The molecule has 2 amide bonds. The van der Waals surface area contributed by atoms with Crippen molar-refractivity contribution in [2.75, 3.05) is 13.2 Å². The number of amides is 2. The summed E-state index contributed by atoms with van der Waals surface area (Å²) in [6.45, 7) is 4.47. The third-order valence-electron chi connectivity index (χ3n) is 5.22. The minimum atomic E-state index is -0.399. The van der Waals surface area contributed by atoms with E-state index in [2.05, 4.69) is 11.9 Å². The van der Waals surface area contributed by atoms with Gasteiger partial charge in [-0.3, -0.25) is 14.5 Å². The summed E-state index contributed by atoms with van der Waals surface area (Å²) in [7, 11) is 0. The van der Waals surface area contributed by atoms with Gasteiger partial charge in [0, 0.05) is 23.4 Å². The number of nitrogens with one attached hydrogen (secondary N) is 1. The number of hydrogen-bond acceptors (Lipinski definition) is 3. The van der Waals surface area contributed by atoms with Crippen molar-refractivity contribution in [1.82, 2.24) is 10.2 Å². The quantitative estimate of drug-likeness (QED) is 0.866. The van der Waals surface area contributed by atoms with Crippen LogP contribution < -0.4 is 5.32 Å². The fourth-order valence-electron chi connectivity index (χ4n) is 3.79.